The summed E-state index contributed by atoms with van der Waals surface area (Å²) < 4.78 is 6.66. The zero-order valence-electron chi connectivity index (χ0n) is 39.5. The summed E-state index contributed by atoms with van der Waals surface area (Å²) in [5.74, 6) is 9.50. The summed E-state index contributed by atoms with van der Waals surface area (Å²) in [6.07, 6.45) is 10.0. The summed E-state index contributed by atoms with van der Waals surface area (Å²) in [7, 11) is 11.9. The van der Waals surface area contributed by atoms with Gasteiger partial charge in [0.05, 0.1) is 6.10 Å². The van der Waals surface area contributed by atoms with E-state index in [0.717, 1.165) is 47.3 Å². The van der Waals surface area contributed by atoms with Gasteiger partial charge in [0.15, 0.2) is 0 Å². The number of hydrogen-bond donors (Lipinski definition) is 0. The van der Waals surface area contributed by atoms with Crippen LogP contribution in [0.25, 0.3) is 0 Å². The molecule has 0 bridgehead atoms. The molecule has 0 aliphatic heterocycles. The second-order valence-corrected chi connectivity index (χ2v) is 27.4. The summed E-state index contributed by atoms with van der Waals surface area (Å²) >= 11 is -0.826. The van der Waals surface area contributed by atoms with Crippen LogP contribution in [0.2, 0.25) is 0 Å². The van der Waals surface area contributed by atoms with Gasteiger partial charge in [-0.1, -0.05) is 151 Å². The monoisotopic (exact) mass is 899 g/mol. The summed E-state index contributed by atoms with van der Waals surface area (Å²) in [4.78, 5) is 0. The van der Waals surface area contributed by atoms with Crippen LogP contribution in [0.4, 0.5) is 0 Å². The number of methoxy groups -OCH3 is 1. The Kier molecular flexibility index (Phi) is 18.3. The molecule has 0 aromatic heterocycles. The number of fused-ring (bicyclic) bond motifs is 2. The predicted octanol–water partition coefficient (Wildman–Crippen LogP) is 16.6. The third-order valence-corrected chi connectivity index (χ3v) is 15.6. The van der Waals surface area contributed by atoms with Crippen LogP contribution in [-0.2, 0) is 25.6 Å². The Bertz CT molecular complexity index is 1460. The fraction of sp³-hybridized carbons (Fsp3) is 0.736. The van der Waals surface area contributed by atoms with Crippen molar-refractivity contribution in [2.75, 3.05) is 7.11 Å². The van der Waals surface area contributed by atoms with E-state index in [1.807, 2.05) is 7.11 Å². The third-order valence-electron chi connectivity index (χ3n) is 15.6. The van der Waals surface area contributed by atoms with Crippen LogP contribution < -0.4 is 0 Å². The first-order valence-corrected chi connectivity index (χ1v) is 28.5. The number of benzene rings is 2. The van der Waals surface area contributed by atoms with Gasteiger partial charge in [-0.3, -0.25) is 0 Å². The Hall–Kier alpha value is -0.137. The van der Waals surface area contributed by atoms with Crippen LogP contribution in [0, 0.1) is 102 Å². The number of ether oxygens (including phenoxy) is 1. The van der Waals surface area contributed by atoms with Crippen molar-refractivity contribution in [3.05, 3.63) is 86.6 Å². The van der Waals surface area contributed by atoms with Gasteiger partial charge in [0.2, 0.25) is 0 Å². The van der Waals surface area contributed by atoms with E-state index in [1.165, 1.54) is 50.5 Å². The van der Waals surface area contributed by atoms with Crippen molar-refractivity contribution in [1.82, 2.24) is 0 Å². The fourth-order valence-electron chi connectivity index (χ4n) is 14.1. The van der Waals surface area contributed by atoms with Crippen molar-refractivity contribution in [3.63, 3.8) is 0 Å². The molecular formula is C53H86Cl2OZr. The second-order valence-electron chi connectivity index (χ2n) is 23.7. The molecule has 0 spiro atoms. The fourth-order valence-corrected chi connectivity index (χ4v) is 14.1. The Labute approximate surface area is 373 Å². The van der Waals surface area contributed by atoms with Crippen molar-refractivity contribution >= 4 is 17.0 Å². The van der Waals surface area contributed by atoms with Gasteiger partial charge in [0.25, 0.3) is 0 Å². The SMILES string of the molecule is COC1C(c2ccccc2)C2CC(CC(C)(C)C)C(CC3C(CC(C)(C)C)CC4C3CC(C(C)(C)C)C(C)C4c3ccccc3)C2CC1C(C)(C)C.[CH3-].[CH3-].[Cl][Zr+2][Cl]. The van der Waals surface area contributed by atoms with Crippen molar-refractivity contribution in [3.8, 4) is 0 Å². The Morgan fingerprint density at radius 3 is 1.30 bits per heavy atom. The first-order chi connectivity index (χ1) is 25.6. The molecule has 4 aliphatic carbocycles. The van der Waals surface area contributed by atoms with E-state index < -0.39 is 20.8 Å². The van der Waals surface area contributed by atoms with Crippen LogP contribution >= 0.6 is 17.0 Å². The van der Waals surface area contributed by atoms with E-state index >= 15 is 0 Å². The molecule has 1 nitrogen and oxygen atoms in total. The zero-order valence-corrected chi connectivity index (χ0v) is 43.4. The Morgan fingerprint density at radius 2 is 0.930 bits per heavy atom. The average Bonchev–Trinajstić information content (AvgIpc) is 3.58. The molecule has 0 saturated heterocycles. The van der Waals surface area contributed by atoms with Crippen LogP contribution in [0.5, 0.6) is 0 Å². The number of halogens is 2. The quantitative estimate of drug-likeness (QED) is 0.252. The second kappa shape index (κ2) is 20.4. The Balaban J connectivity index is 0.00000169. The first-order valence-electron chi connectivity index (χ1n) is 22.2. The topological polar surface area (TPSA) is 9.23 Å². The van der Waals surface area contributed by atoms with Gasteiger partial charge in [0.1, 0.15) is 0 Å². The molecule has 4 aliphatic rings. The predicted molar refractivity (Wildman–Crippen MR) is 248 cm³/mol. The zero-order chi connectivity index (χ0) is 40.7. The summed E-state index contributed by atoms with van der Waals surface area (Å²) in [6.45, 7) is 33.0. The molecule has 14 unspecified atom stereocenters. The number of rotatable bonds is 7. The molecule has 14 atom stereocenters. The van der Waals surface area contributed by atoms with Crippen molar-refractivity contribution < 1.29 is 25.6 Å². The van der Waals surface area contributed by atoms with E-state index in [2.05, 4.69) is 151 Å². The van der Waals surface area contributed by atoms with Gasteiger partial charge >= 0.3 is 37.9 Å². The summed E-state index contributed by atoms with van der Waals surface area (Å²) in [5.41, 5.74) is 4.36. The van der Waals surface area contributed by atoms with Crippen LogP contribution in [0.1, 0.15) is 158 Å². The van der Waals surface area contributed by atoms with Gasteiger partial charge in [0, 0.05) is 13.0 Å². The van der Waals surface area contributed by atoms with E-state index in [0.29, 0.717) is 45.8 Å². The van der Waals surface area contributed by atoms with Crippen molar-refractivity contribution in [2.45, 2.75) is 153 Å². The van der Waals surface area contributed by atoms with E-state index in [1.54, 1.807) is 5.56 Å². The molecule has 2 aromatic carbocycles. The van der Waals surface area contributed by atoms with Gasteiger partial charge in [-0.05, 0) is 149 Å². The van der Waals surface area contributed by atoms with Crippen molar-refractivity contribution in [1.29, 1.82) is 0 Å². The molecule has 0 amide bonds. The third kappa shape index (κ3) is 12.1. The normalized spacial score (nSPS) is 35.4. The molecule has 4 fully saturated rings. The minimum atomic E-state index is -0.826. The molecule has 0 radical (unpaired) electrons. The maximum absolute atomic E-state index is 6.66. The molecule has 57 heavy (non-hydrogen) atoms. The first kappa shape index (κ1) is 51.2. The number of hydrogen-bond acceptors (Lipinski definition) is 1. The van der Waals surface area contributed by atoms with Gasteiger partial charge in [-0.25, -0.2) is 0 Å². The van der Waals surface area contributed by atoms with E-state index in [4.69, 9.17) is 21.8 Å². The summed E-state index contributed by atoms with van der Waals surface area (Å²) in [5, 5.41) is 0. The molecular weight excluding hydrogens is 815 g/mol. The molecule has 0 heterocycles. The standard InChI is InChI=1S/C51H80O.2CH3.2ClH.Zr/c1-32-43(50(8,9)10)28-39-37(35(30-48(2,3)4)25-41(39)45(32)33-21-17-15-18-22-33)27-38-36(31-49(5,6)7)26-42-40(38)29-44(51(11,12)13)47(52-14)46(42)34-23-19-16-20-24-34;;;;;/h15-24,32,35-47H,25-31H2,1-14H3;2*1H3;2*1H;/q;2*-1;;;+4/p-2. The van der Waals surface area contributed by atoms with Crippen LogP contribution in [0.15, 0.2) is 60.7 Å². The van der Waals surface area contributed by atoms with Gasteiger partial charge in [-0.15, -0.1) is 0 Å². The summed E-state index contributed by atoms with van der Waals surface area (Å²) in [6, 6.07) is 23.5. The molecule has 0 N–H and O–H groups in total. The van der Waals surface area contributed by atoms with E-state index in [9.17, 15) is 0 Å². The average molecular weight is 901 g/mol. The molecule has 6 rings (SSSR count). The molecule has 322 valence electrons. The molecule has 4 saturated carbocycles. The molecule has 2 aromatic rings. The Morgan fingerprint density at radius 1 is 0.561 bits per heavy atom. The van der Waals surface area contributed by atoms with E-state index in [-0.39, 0.29) is 26.4 Å². The maximum atomic E-state index is 6.66. The van der Waals surface area contributed by atoms with Crippen LogP contribution in [-0.4, -0.2) is 13.2 Å². The van der Waals surface area contributed by atoms with Crippen molar-refractivity contribution in [2.24, 2.45) is 86.8 Å². The molecule has 4 heteroatoms. The van der Waals surface area contributed by atoms with Gasteiger partial charge in [-0.2, -0.15) is 0 Å². The van der Waals surface area contributed by atoms with Gasteiger partial charge < -0.3 is 19.6 Å². The minimum absolute atomic E-state index is 0. The van der Waals surface area contributed by atoms with Crippen LogP contribution in [0.3, 0.4) is 0 Å².